The van der Waals surface area contributed by atoms with Crippen molar-refractivity contribution in [2.45, 2.75) is 39.7 Å². The Balaban J connectivity index is 2.91. The van der Waals surface area contributed by atoms with E-state index in [9.17, 15) is 4.39 Å². The van der Waals surface area contributed by atoms with Crippen LogP contribution in [0.2, 0.25) is 0 Å². The zero-order valence-corrected chi connectivity index (χ0v) is 12.5. The molecule has 0 aliphatic carbocycles. The Hall–Kier alpha value is -0.930. The molecule has 0 aliphatic heterocycles. The van der Waals surface area contributed by atoms with Crippen molar-refractivity contribution in [1.82, 2.24) is 5.32 Å². The van der Waals surface area contributed by atoms with Crippen LogP contribution in [0.5, 0.6) is 0 Å². The highest BCUT2D eigenvalue weighted by Gasteiger charge is 2.20. The Kier molecular flexibility index (Phi) is 7.03. The third kappa shape index (κ3) is 4.92. The van der Waals surface area contributed by atoms with Gasteiger partial charge in [0.15, 0.2) is 0 Å². The van der Waals surface area contributed by atoms with Crippen molar-refractivity contribution in [2.24, 2.45) is 5.92 Å². The maximum atomic E-state index is 13.5. The third-order valence-electron chi connectivity index (χ3n) is 3.54. The number of ether oxygens (including phenoxy) is 1. The van der Waals surface area contributed by atoms with Gasteiger partial charge >= 0.3 is 0 Å². The lowest BCUT2D eigenvalue weighted by molar-refractivity contribution is 0.170. The van der Waals surface area contributed by atoms with Gasteiger partial charge in [-0.15, -0.1) is 0 Å². The van der Waals surface area contributed by atoms with E-state index in [4.69, 9.17) is 4.74 Å². The molecule has 2 unspecified atom stereocenters. The van der Waals surface area contributed by atoms with E-state index in [1.165, 1.54) is 6.07 Å². The molecule has 3 heteroatoms. The van der Waals surface area contributed by atoms with Crippen molar-refractivity contribution in [3.8, 4) is 0 Å². The molecular weight excluding hydrogens is 241 g/mol. The van der Waals surface area contributed by atoms with Crippen molar-refractivity contribution in [3.05, 3.63) is 35.1 Å². The van der Waals surface area contributed by atoms with Crippen LogP contribution in [-0.4, -0.2) is 20.3 Å². The molecular formula is C16H26FNO. The average Bonchev–Trinajstić information content (AvgIpc) is 2.40. The van der Waals surface area contributed by atoms with E-state index in [0.717, 1.165) is 37.1 Å². The zero-order chi connectivity index (χ0) is 14.3. The van der Waals surface area contributed by atoms with Gasteiger partial charge in [-0.2, -0.15) is 0 Å². The van der Waals surface area contributed by atoms with Crippen molar-refractivity contribution in [2.75, 3.05) is 20.3 Å². The molecule has 19 heavy (non-hydrogen) atoms. The number of aryl methyl sites for hydroxylation is 1. The second kappa shape index (κ2) is 8.28. The number of halogens is 1. The number of methoxy groups -OCH3 is 1. The van der Waals surface area contributed by atoms with Gasteiger partial charge in [-0.05, 0) is 55.5 Å². The number of hydrogen-bond acceptors (Lipinski definition) is 2. The van der Waals surface area contributed by atoms with Gasteiger partial charge in [-0.1, -0.05) is 19.9 Å². The second-order valence-corrected chi connectivity index (χ2v) is 5.19. The summed E-state index contributed by atoms with van der Waals surface area (Å²) in [5, 5.41) is 3.54. The van der Waals surface area contributed by atoms with Crippen LogP contribution < -0.4 is 5.32 Å². The minimum Gasteiger partial charge on any atom is -0.385 e. The van der Waals surface area contributed by atoms with Crippen molar-refractivity contribution in [1.29, 1.82) is 0 Å². The van der Waals surface area contributed by atoms with E-state index in [2.05, 4.69) is 19.2 Å². The first-order valence-electron chi connectivity index (χ1n) is 7.08. The summed E-state index contributed by atoms with van der Waals surface area (Å²) >= 11 is 0. The highest BCUT2D eigenvalue weighted by molar-refractivity contribution is 5.30. The maximum absolute atomic E-state index is 13.5. The minimum absolute atomic E-state index is 0.164. The topological polar surface area (TPSA) is 21.3 Å². The molecule has 0 fully saturated rings. The smallest absolute Gasteiger partial charge is 0.123 e. The standard InChI is InChI=1S/C16H26FNO/c1-5-9-18-16(13(3)8-10-19-4)15-11-14(17)7-6-12(15)2/h6-7,11,13,16,18H,5,8-10H2,1-4H3. The van der Waals surface area contributed by atoms with E-state index >= 15 is 0 Å². The first kappa shape index (κ1) is 16.1. The fourth-order valence-electron chi connectivity index (χ4n) is 2.33. The summed E-state index contributed by atoms with van der Waals surface area (Å²) in [6, 6.07) is 5.22. The van der Waals surface area contributed by atoms with Gasteiger partial charge in [0.2, 0.25) is 0 Å². The lowest BCUT2D eigenvalue weighted by Crippen LogP contribution is -2.29. The first-order chi connectivity index (χ1) is 9.10. The fourth-order valence-corrected chi connectivity index (χ4v) is 2.33. The van der Waals surface area contributed by atoms with E-state index in [1.54, 1.807) is 13.2 Å². The molecule has 0 amide bonds. The lowest BCUT2D eigenvalue weighted by Gasteiger charge is -2.27. The molecule has 0 aromatic heterocycles. The summed E-state index contributed by atoms with van der Waals surface area (Å²) in [6.07, 6.45) is 2.04. The van der Waals surface area contributed by atoms with Crippen LogP contribution in [0.4, 0.5) is 4.39 Å². The Morgan fingerprint density at radius 2 is 2.11 bits per heavy atom. The van der Waals surface area contributed by atoms with E-state index < -0.39 is 0 Å². The van der Waals surface area contributed by atoms with Crippen LogP contribution in [0.15, 0.2) is 18.2 Å². The van der Waals surface area contributed by atoms with Crippen LogP contribution >= 0.6 is 0 Å². The van der Waals surface area contributed by atoms with Gasteiger partial charge in [0.1, 0.15) is 5.82 Å². The third-order valence-corrected chi connectivity index (χ3v) is 3.54. The molecule has 1 aromatic carbocycles. The number of nitrogens with one attached hydrogen (secondary N) is 1. The molecule has 1 N–H and O–H groups in total. The Morgan fingerprint density at radius 1 is 1.37 bits per heavy atom. The number of benzene rings is 1. The van der Waals surface area contributed by atoms with Crippen LogP contribution in [-0.2, 0) is 4.74 Å². The van der Waals surface area contributed by atoms with E-state index in [1.807, 2.05) is 13.0 Å². The maximum Gasteiger partial charge on any atom is 0.123 e. The highest BCUT2D eigenvalue weighted by atomic mass is 19.1. The first-order valence-corrected chi connectivity index (χ1v) is 7.08. The molecule has 0 aliphatic rings. The van der Waals surface area contributed by atoms with Gasteiger partial charge in [0.25, 0.3) is 0 Å². The molecule has 2 nitrogen and oxygen atoms in total. The monoisotopic (exact) mass is 267 g/mol. The van der Waals surface area contributed by atoms with Crippen molar-refractivity contribution >= 4 is 0 Å². The molecule has 1 rings (SSSR count). The molecule has 0 radical (unpaired) electrons. The van der Waals surface area contributed by atoms with Gasteiger partial charge in [0.05, 0.1) is 0 Å². The molecule has 0 saturated carbocycles. The van der Waals surface area contributed by atoms with Gasteiger partial charge in [-0.25, -0.2) is 4.39 Å². The summed E-state index contributed by atoms with van der Waals surface area (Å²) in [5.74, 6) is 0.245. The molecule has 0 saturated heterocycles. The highest BCUT2D eigenvalue weighted by Crippen LogP contribution is 2.27. The van der Waals surface area contributed by atoms with Crippen LogP contribution in [0.25, 0.3) is 0 Å². The van der Waals surface area contributed by atoms with Gasteiger partial charge in [0, 0.05) is 19.8 Å². The zero-order valence-electron chi connectivity index (χ0n) is 12.5. The normalized spacial score (nSPS) is 14.4. The summed E-state index contributed by atoms with van der Waals surface area (Å²) in [5.41, 5.74) is 2.20. The van der Waals surface area contributed by atoms with Crippen molar-refractivity contribution < 1.29 is 9.13 Å². The van der Waals surface area contributed by atoms with Crippen LogP contribution in [0.3, 0.4) is 0 Å². The quantitative estimate of drug-likeness (QED) is 0.772. The largest absolute Gasteiger partial charge is 0.385 e. The SMILES string of the molecule is CCCNC(c1cc(F)ccc1C)C(C)CCOC. The van der Waals surface area contributed by atoms with Gasteiger partial charge < -0.3 is 10.1 Å². The predicted molar refractivity (Wildman–Crippen MR) is 77.8 cm³/mol. The summed E-state index contributed by atoms with van der Waals surface area (Å²) in [6.45, 7) is 8.05. The van der Waals surface area contributed by atoms with E-state index in [0.29, 0.717) is 5.92 Å². The minimum atomic E-state index is -0.164. The summed E-state index contributed by atoms with van der Waals surface area (Å²) < 4.78 is 18.6. The predicted octanol–water partition coefficient (Wildman–Crippen LogP) is 3.85. The molecule has 0 bridgehead atoms. The number of rotatable bonds is 8. The molecule has 2 atom stereocenters. The Labute approximate surface area is 116 Å². The van der Waals surface area contributed by atoms with Gasteiger partial charge in [-0.3, -0.25) is 0 Å². The van der Waals surface area contributed by atoms with Crippen molar-refractivity contribution in [3.63, 3.8) is 0 Å². The summed E-state index contributed by atoms with van der Waals surface area (Å²) in [4.78, 5) is 0. The molecule has 0 heterocycles. The van der Waals surface area contributed by atoms with E-state index in [-0.39, 0.29) is 11.9 Å². The second-order valence-electron chi connectivity index (χ2n) is 5.19. The Morgan fingerprint density at radius 3 is 2.74 bits per heavy atom. The molecule has 1 aromatic rings. The average molecular weight is 267 g/mol. The lowest BCUT2D eigenvalue weighted by atomic mass is 9.89. The summed E-state index contributed by atoms with van der Waals surface area (Å²) in [7, 11) is 1.72. The van der Waals surface area contributed by atoms with Crippen LogP contribution in [0.1, 0.15) is 43.9 Å². The molecule has 0 spiro atoms. The Bertz CT molecular complexity index is 381. The number of hydrogen-bond donors (Lipinski definition) is 1. The molecule has 108 valence electrons. The fraction of sp³-hybridized carbons (Fsp3) is 0.625. The van der Waals surface area contributed by atoms with Crippen LogP contribution in [0, 0.1) is 18.7 Å².